The van der Waals surface area contributed by atoms with Crippen molar-refractivity contribution < 1.29 is 27.4 Å². The molecule has 0 spiro atoms. The normalized spacial score (nSPS) is 17.1. The van der Waals surface area contributed by atoms with Crippen molar-refractivity contribution >= 4 is 11.6 Å². The van der Waals surface area contributed by atoms with E-state index in [1.54, 1.807) is 17.0 Å². The number of H-pyrrole nitrogens is 1. The molecule has 9 nitrogen and oxygen atoms in total. The first-order valence-electron chi connectivity index (χ1n) is 10.5. The van der Waals surface area contributed by atoms with Gasteiger partial charge in [0.25, 0.3) is 17.3 Å². The highest BCUT2D eigenvalue weighted by Gasteiger charge is 2.43. The Kier molecular flexibility index (Phi) is 6.56. The topological polar surface area (TPSA) is 99.8 Å². The Labute approximate surface area is 187 Å². The maximum Gasteiger partial charge on any atom is 0.423 e. The van der Waals surface area contributed by atoms with Crippen LogP contribution in [-0.2, 0) is 10.9 Å². The van der Waals surface area contributed by atoms with Gasteiger partial charge in [-0.25, -0.2) is 5.10 Å². The van der Waals surface area contributed by atoms with Crippen molar-refractivity contribution in [1.29, 1.82) is 0 Å². The Bertz CT molecular complexity index is 1060. The summed E-state index contributed by atoms with van der Waals surface area (Å²) < 4.78 is 52.0. The van der Waals surface area contributed by atoms with Crippen LogP contribution in [0.1, 0.15) is 15.9 Å². The number of hydrogen-bond acceptors (Lipinski definition) is 7. The molecule has 0 bridgehead atoms. The number of methoxy groups -OCH3 is 1. The number of rotatable bonds is 6. The number of aromatic amines is 1. The van der Waals surface area contributed by atoms with Crippen LogP contribution in [0.2, 0.25) is 0 Å². The molecule has 0 unspecified atom stereocenters. The molecule has 178 valence electrons. The Morgan fingerprint density at radius 1 is 1.24 bits per heavy atom. The second-order valence-corrected chi connectivity index (χ2v) is 7.98. The molecule has 2 saturated heterocycles. The molecule has 12 heteroatoms. The first-order chi connectivity index (χ1) is 15.8. The van der Waals surface area contributed by atoms with E-state index >= 15 is 0 Å². The molecule has 0 saturated carbocycles. The lowest BCUT2D eigenvalue weighted by Crippen LogP contribution is -2.50. The van der Waals surface area contributed by atoms with Crippen LogP contribution in [0.3, 0.4) is 0 Å². The van der Waals surface area contributed by atoms with Gasteiger partial charge in [-0.05, 0) is 18.2 Å². The lowest BCUT2D eigenvalue weighted by atomic mass is 9.99. The molecular formula is C21H24F3N5O4. The number of alkyl halides is 3. The van der Waals surface area contributed by atoms with E-state index in [0.717, 1.165) is 0 Å². The zero-order valence-corrected chi connectivity index (χ0v) is 17.9. The Balaban J connectivity index is 1.64. The number of hydrogen-bond donors (Lipinski definition) is 2. The summed E-state index contributed by atoms with van der Waals surface area (Å²) in [6, 6.07) is 6.17. The van der Waals surface area contributed by atoms with Crippen LogP contribution in [0.4, 0.5) is 18.9 Å². The third-order valence-electron chi connectivity index (χ3n) is 5.58. The van der Waals surface area contributed by atoms with Crippen LogP contribution < -0.4 is 20.5 Å². The van der Waals surface area contributed by atoms with Gasteiger partial charge >= 0.3 is 6.18 Å². The predicted octanol–water partition coefficient (Wildman–Crippen LogP) is 1.71. The number of nitrogens with zero attached hydrogens (tertiary/aromatic N) is 3. The fourth-order valence-corrected chi connectivity index (χ4v) is 4.00. The molecule has 2 fully saturated rings. The van der Waals surface area contributed by atoms with E-state index in [4.69, 9.17) is 9.47 Å². The van der Waals surface area contributed by atoms with Crippen LogP contribution in [0.25, 0.3) is 0 Å². The molecule has 33 heavy (non-hydrogen) atoms. The molecule has 2 aromatic rings. The number of carbonyl (C=O) groups is 1. The minimum Gasteiger partial charge on any atom is -0.436 e. The van der Waals surface area contributed by atoms with Crippen molar-refractivity contribution in [2.24, 2.45) is 5.92 Å². The quantitative estimate of drug-likeness (QED) is 0.667. The number of aromatic nitrogens is 2. The first kappa shape index (κ1) is 23.1. The van der Waals surface area contributed by atoms with Crippen molar-refractivity contribution in [3.63, 3.8) is 0 Å². The van der Waals surface area contributed by atoms with Gasteiger partial charge in [0.15, 0.2) is 5.56 Å². The molecule has 4 rings (SSSR count). The Hall–Kier alpha value is -3.12. The summed E-state index contributed by atoms with van der Waals surface area (Å²) in [6.07, 6.45) is -4.91. The minimum absolute atomic E-state index is 0.0307. The second-order valence-electron chi connectivity index (χ2n) is 7.98. The van der Waals surface area contributed by atoms with Crippen LogP contribution >= 0.6 is 0 Å². The van der Waals surface area contributed by atoms with Crippen LogP contribution in [0.5, 0.6) is 11.6 Å². The summed E-state index contributed by atoms with van der Waals surface area (Å²) >= 11 is 0. The lowest BCUT2D eigenvalue weighted by Gasteiger charge is -2.41. The molecule has 1 aromatic heterocycles. The lowest BCUT2D eigenvalue weighted by molar-refractivity contribution is -0.138. The van der Waals surface area contributed by atoms with Gasteiger partial charge < -0.3 is 24.6 Å². The summed E-state index contributed by atoms with van der Waals surface area (Å²) in [4.78, 5) is 27.9. The fraction of sp³-hybridized carbons (Fsp3) is 0.476. The van der Waals surface area contributed by atoms with E-state index < -0.39 is 23.0 Å². The maximum atomic E-state index is 13.8. The van der Waals surface area contributed by atoms with Crippen LogP contribution in [0.15, 0.2) is 29.1 Å². The van der Waals surface area contributed by atoms with E-state index in [9.17, 15) is 22.8 Å². The Morgan fingerprint density at radius 2 is 1.97 bits per heavy atom. The van der Waals surface area contributed by atoms with E-state index in [0.29, 0.717) is 38.3 Å². The molecule has 2 aliphatic heterocycles. The van der Waals surface area contributed by atoms with Crippen molar-refractivity contribution in [3.8, 4) is 11.6 Å². The number of anilines is 1. The fourth-order valence-electron chi connectivity index (χ4n) is 4.00. The molecule has 1 aromatic carbocycles. The summed E-state index contributed by atoms with van der Waals surface area (Å²) in [7, 11) is 1.52. The number of halogens is 3. The summed E-state index contributed by atoms with van der Waals surface area (Å²) in [5.41, 5.74) is -2.78. The average molecular weight is 467 g/mol. The summed E-state index contributed by atoms with van der Waals surface area (Å²) in [5, 5.41) is 8.80. The second kappa shape index (κ2) is 9.40. The third-order valence-corrected chi connectivity index (χ3v) is 5.58. The predicted molar refractivity (Wildman–Crippen MR) is 113 cm³/mol. The number of benzene rings is 1. The molecular weight excluding hydrogens is 443 g/mol. The zero-order valence-electron chi connectivity index (χ0n) is 17.9. The molecule has 2 N–H and O–H groups in total. The van der Waals surface area contributed by atoms with Crippen molar-refractivity contribution in [3.05, 3.63) is 45.7 Å². The number of nitrogens with one attached hydrogen (secondary N) is 2. The molecule has 0 aliphatic carbocycles. The highest BCUT2D eigenvalue weighted by atomic mass is 19.4. The number of piperazine rings is 1. The van der Waals surface area contributed by atoms with E-state index in [-0.39, 0.29) is 36.5 Å². The largest absolute Gasteiger partial charge is 0.436 e. The molecule has 1 amide bonds. The van der Waals surface area contributed by atoms with Gasteiger partial charge in [-0.1, -0.05) is 6.07 Å². The van der Waals surface area contributed by atoms with E-state index in [1.807, 2.05) is 5.10 Å². The van der Waals surface area contributed by atoms with Gasteiger partial charge in [0.05, 0.1) is 6.61 Å². The summed E-state index contributed by atoms with van der Waals surface area (Å²) in [6.45, 7) is 3.41. The van der Waals surface area contributed by atoms with Gasteiger partial charge in [0.2, 0.25) is 0 Å². The molecule has 2 aliphatic rings. The average Bonchev–Trinajstić information content (AvgIpc) is 2.76. The zero-order chi connectivity index (χ0) is 23.6. The monoisotopic (exact) mass is 467 g/mol. The van der Waals surface area contributed by atoms with Crippen molar-refractivity contribution in [2.45, 2.75) is 6.18 Å². The highest BCUT2D eigenvalue weighted by Crippen LogP contribution is 2.42. The van der Waals surface area contributed by atoms with Gasteiger partial charge in [0.1, 0.15) is 11.4 Å². The Morgan fingerprint density at radius 3 is 2.64 bits per heavy atom. The number of ether oxygens (including phenoxy) is 2. The molecule has 0 radical (unpaired) electrons. The van der Waals surface area contributed by atoms with Crippen molar-refractivity contribution in [2.75, 3.05) is 57.9 Å². The maximum absolute atomic E-state index is 13.8. The van der Waals surface area contributed by atoms with Gasteiger partial charge in [-0.15, -0.1) is 5.10 Å². The molecule has 0 atom stereocenters. The highest BCUT2D eigenvalue weighted by molar-refractivity contribution is 5.94. The minimum atomic E-state index is -4.91. The summed E-state index contributed by atoms with van der Waals surface area (Å²) in [5.74, 6) is -0.413. The number of carbonyl (C=O) groups excluding carboxylic acids is 1. The SMILES string of the molecule is COCC1CN(c2c(Oc3cccc(C(=O)N4CCNCC4)c3)n[nH]c(=O)c2C(F)(F)F)C1. The van der Waals surface area contributed by atoms with Gasteiger partial charge in [-0.2, -0.15) is 13.2 Å². The van der Waals surface area contributed by atoms with E-state index in [2.05, 4.69) is 10.4 Å². The first-order valence-corrected chi connectivity index (χ1v) is 10.5. The third kappa shape index (κ3) is 4.96. The van der Waals surface area contributed by atoms with Gasteiger partial charge in [0, 0.05) is 57.9 Å². The van der Waals surface area contributed by atoms with Crippen LogP contribution in [-0.4, -0.2) is 74.0 Å². The standard InChI is InChI=1S/C21H24F3N5O4/c1-32-12-13-10-29(11-13)17-16(21(22,23)24)18(30)26-27-19(17)33-15-4-2-3-14(9-15)20(31)28-7-5-25-6-8-28/h2-4,9,13,25H,5-8,10-12H2,1H3,(H,26,30). The van der Waals surface area contributed by atoms with E-state index in [1.165, 1.54) is 24.1 Å². The van der Waals surface area contributed by atoms with Gasteiger partial charge in [-0.3, -0.25) is 9.59 Å². The smallest absolute Gasteiger partial charge is 0.423 e. The van der Waals surface area contributed by atoms with Crippen LogP contribution in [0, 0.1) is 5.92 Å². The number of amides is 1. The molecule has 3 heterocycles. The van der Waals surface area contributed by atoms with Crippen molar-refractivity contribution in [1.82, 2.24) is 20.4 Å².